The Morgan fingerprint density at radius 1 is 1.03 bits per heavy atom. The molecule has 0 aliphatic carbocycles. The fraction of sp³-hybridized carbons (Fsp3) is 0.250. The lowest BCUT2D eigenvalue weighted by atomic mass is 10.1. The first-order valence-corrected chi connectivity index (χ1v) is 9.85. The highest BCUT2D eigenvalue weighted by atomic mass is 16.5. The monoisotopic (exact) mass is 389 g/mol. The Kier molecular flexibility index (Phi) is 7.22. The topological polar surface area (TPSA) is 54.5 Å². The molecule has 0 saturated heterocycles. The molecule has 150 valence electrons. The van der Waals surface area contributed by atoms with Crippen LogP contribution < -0.4 is 15.0 Å². The van der Waals surface area contributed by atoms with Crippen molar-refractivity contribution in [3.63, 3.8) is 0 Å². The van der Waals surface area contributed by atoms with E-state index in [0.717, 1.165) is 36.6 Å². The van der Waals surface area contributed by atoms with Gasteiger partial charge in [0.15, 0.2) is 0 Å². The Bertz CT molecular complexity index is 928. The molecule has 0 radical (unpaired) electrons. The second-order valence-electron chi connectivity index (χ2n) is 6.76. The lowest BCUT2D eigenvalue weighted by Crippen LogP contribution is -2.27. The van der Waals surface area contributed by atoms with Crippen molar-refractivity contribution in [2.24, 2.45) is 0 Å². The van der Waals surface area contributed by atoms with E-state index in [2.05, 4.69) is 34.3 Å². The second kappa shape index (κ2) is 10.3. The highest BCUT2D eigenvalue weighted by Gasteiger charge is 2.11. The molecule has 1 heterocycles. The van der Waals surface area contributed by atoms with E-state index in [9.17, 15) is 4.79 Å². The molecule has 5 nitrogen and oxygen atoms in total. The molecule has 0 fully saturated rings. The number of carbonyl (C=O) groups excluding carboxylic acids is 1. The Labute approximate surface area is 172 Å². The number of ether oxygens (including phenoxy) is 1. The number of hydrogen-bond donors (Lipinski definition) is 1. The van der Waals surface area contributed by atoms with Crippen LogP contribution in [-0.4, -0.2) is 31.1 Å². The van der Waals surface area contributed by atoms with Crippen molar-refractivity contribution < 1.29 is 9.53 Å². The zero-order chi connectivity index (χ0) is 20.5. The second-order valence-corrected chi connectivity index (χ2v) is 6.76. The van der Waals surface area contributed by atoms with E-state index >= 15 is 0 Å². The van der Waals surface area contributed by atoms with Crippen molar-refractivity contribution in [2.75, 3.05) is 25.1 Å². The van der Waals surface area contributed by atoms with Crippen molar-refractivity contribution in [2.45, 2.75) is 19.9 Å². The molecule has 0 aliphatic heterocycles. The summed E-state index contributed by atoms with van der Waals surface area (Å²) < 4.78 is 5.24. The van der Waals surface area contributed by atoms with Crippen LogP contribution in [0.4, 0.5) is 5.82 Å². The molecule has 0 spiro atoms. The average Bonchev–Trinajstić information content (AvgIpc) is 2.78. The van der Waals surface area contributed by atoms with E-state index in [1.165, 1.54) is 5.56 Å². The van der Waals surface area contributed by atoms with Crippen LogP contribution in [0, 0.1) is 0 Å². The van der Waals surface area contributed by atoms with Gasteiger partial charge in [-0.25, -0.2) is 4.98 Å². The summed E-state index contributed by atoms with van der Waals surface area (Å²) in [5.41, 5.74) is 2.96. The molecular formula is C24H27N3O2. The van der Waals surface area contributed by atoms with Crippen LogP contribution in [0.15, 0.2) is 72.9 Å². The zero-order valence-electron chi connectivity index (χ0n) is 17.0. The number of nitrogens with zero attached hydrogens (tertiary/aromatic N) is 2. The van der Waals surface area contributed by atoms with Gasteiger partial charge >= 0.3 is 0 Å². The number of aromatic nitrogens is 1. The summed E-state index contributed by atoms with van der Waals surface area (Å²) >= 11 is 0. The quantitative estimate of drug-likeness (QED) is 0.599. The molecule has 0 bridgehead atoms. The highest BCUT2D eigenvalue weighted by Crippen LogP contribution is 2.16. The van der Waals surface area contributed by atoms with Gasteiger partial charge in [0.1, 0.15) is 11.6 Å². The van der Waals surface area contributed by atoms with Gasteiger partial charge in [-0.1, -0.05) is 42.5 Å². The summed E-state index contributed by atoms with van der Waals surface area (Å²) in [5.74, 6) is 1.54. The predicted molar refractivity (Wildman–Crippen MR) is 116 cm³/mol. The van der Waals surface area contributed by atoms with Gasteiger partial charge in [-0.15, -0.1) is 0 Å². The number of hydrogen-bond acceptors (Lipinski definition) is 4. The molecule has 0 aliphatic rings. The normalized spacial score (nSPS) is 10.4. The van der Waals surface area contributed by atoms with Crippen molar-refractivity contribution >= 4 is 11.7 Å². The number of methoxy groups -OCH3 is 1. The van der Waals surface area contributed by atoms with Crippen molar-refractivity contribution in [1.29, 1.82) is 0 Å². The fourth-order valence-corrected chi connectivity index (χ4v) is 3.14. The van der Waals surface area contributed by atoms with E-state index in [1.807, 2.05) is 48.5 Å². The van der Waals surface area contributed by atoms with E-state index < -0.39 is 0 Å². The van der Waals surface area contributed by atoms with Crippen LogP contribution in [0.1, 0.15) is 28.4 Å². The maximum Gasteiger partial charge on any atom is 0.251 e. The van der Waals surface area contributed by atoms with E-state index in [-0.39, 0.29) is 5.91 Å². The third kappa shape index (κ3) is 5.82. The van der Waals surface area contributed by atoms with Crippen LogP contribution in [0.3, 0.4) is 0 Å². The number of nitrogens with one attached hydrogen (secondary N) is 1. The molecule has 3 aromatic rings. The third-order valence-electron chi connectivity index (χ3n) is 4.76. The van der Waals surface area contributed by atoms with E-state index in [1.54, 1.807) is 19.4 Å². The Morgan fingerprint density at radius 3 is 2.59 bits per heavy atom. The third-order valence-corrected chi connectivity index (χ3v) is 4.76. The molecule has 1 N–H and O–H groups in total. The van der Waals surface area contributed by atoms with Gasteiger partial charge in [-0.05, 0) is 48.7 Å². The zero-order valence-corrected chi connectivity index (χ0v) is 17.0. The van der Waals surface area contributed by atoms with E-state index in [0.29, 0.717) is 12.1 Å². The Balaban J connectivity index is 1.60. The largest absolute Gasteiger partial charge is 0.497 e. The van der Waals surface area contributed by atoms with Gasteiger partial charge < -0.3 is 15.0 Å². The van der Waals surface area contributed by atoms with Gasteiger partial charge in [0.25, 0.3) is 5.91 Å². The van der Waals surface area contributed by atoms with E-state index in [4.69, 9.17) is 4.74 Å². The van der Waals surface area contributed by atoms with Crippen LogP contribution in [-0.2, 0) is 13.0 Å². The summed E-state index contributed by atoms with van der Waals surface area (Å²) in [6, 6.07) is 21.7. The molecule has 2 aromatic carbocycles. The first-order chi connectivity index (χ1) is 14.2. The fourth-order valence-electron chi connectivity index (χ4n) is 3.14. The van der Waals surface area contributed by atoms with Gasteiger partial charge in [0.05, 0.1) is 7.11 Å². The number of anilines is 1. The molecule has 0 saturated carbocycles. The SMILES string of the molecule is CCN(Cc1ccccc1)c1cc(C(=O)NCCc2cccc(OC)c2)ccn1. The molecular weight excluding hydrogens is 362 g/mol. The highest BCUT2D eigenvalue weighted by molar-refractivity contribution is 5.94. The van der Waals surface area contributed by atoms with Gasteiger partial charge in [0, 0.05) is 31.4 Å². The summed E-state index contributed by atoms with van der Waals surface area (Å²) in [6.45, 7) is 4.21. The number of carbonyl (C=O) groups is 1. The van der Waals surface area contributed by atoms with Crippen molar-refractivity contribution in [1.82, 2.24) is 10.3 Å². The summed E-state index contributed by atoms with van der Waals surface area (Å²) in [5, 5.41) is 2.99. The molecule has 3 rings (SSSR count). The molecule has 0 unspecified atom stereocenters. The lowest BCUT2D eigenvalue weighted by Gasteiger charge is -2.22. The first kappa shape index (κ1) is 20.4. The Hall–Kier alpha value is -3.34. The number of rotatable bonds is 9. The van der Waals surface area contributed by atoms with Crippen LogP contribution in [0.25, 0.3) is 0 Å². The maximum absolute atomic E-state index is 12.6. The minimum absolute atomic E-state index is 0.0905. The summed E-state index contributed by atoms with van der Waals surface area (Å²) in [4.78, 5) is 19.2. The summed E-state index contributed by atoms with van der Waals surface area (Å²) in [6.07, 6.45) is 2.44. The maximum atomic E-state index is 12.6. The average molecular weight is 389 g/mol. The van der Waals surface area contributed by atoms with Crippen LogP contribution >= 0.6 is 0 Å². The van der Waals surface area contributed by atoms with Crippen LogP contribution in [0.5, 0.6) is 5.75 Å². The number of pyridine rings is 1. The minimum Gasteiger partial charge on any atom is -0.497 e. The minimum atomic E-state index is -0.0905. The Morgan fingerprint density at radius 2 is 1.83 bits per heavy atom. The lowest BCUT2D eigenvalue weighted by molar-refractivity contribution is 0.0954. The van der Waals surface area contributed by atoms with Crippen LogP contribution in [0.2, 0.25) is 0 Å². The standard InChI is InChI=1S/C24H27N3O2/c1-3-27(18-20-8-5-4-6-9-20)23-17-21(13-15-25-23)24(28)26-14-12-19-10-7-11-22(16-19)29-2/h4-11,13,15-17H,3,12,14,18H2,1-2H3,(H,26,28). The molecule has 29 heavy (non-hydrogen) atoms. The van der Waals surface area contributed by atoms with Gasteiger partial charge in [-0.3, -0.25) is 4.79 Å². The molecule has 5 heteroatoms. The smallest absolute Gasteiger partial charge is 0.251 e. The molecule has 1 aromatic heterocycles. The van der Waals surface area contributed by atoms with Crippen molar-refractivity contribution in [3.05, 3.63) is 89.6 Å². The first-order valence-electron chi connectivity index (χ1n) is 9.85. The molecule has 1 amide bonds. The van der Waals surface area contributed by atoms with Gasteiger partial charge in [-0.2, -0.15) is 0 Å². The van der Waals surface area contributed by atoms with Crippen molar-refractivity contribution in [3.8, 4) is 5.75 Å². The molecule has 0 atom stereocenters. The predicted octanol–water partition coefficient (Wildman–Crippen LogP) is 4.09. The summed E-state index contributed by atoms with van der Waals surface area (Å²) in [7, 11) is 1.65. The number of amides is 1. The number of benzene rings is 2. The van der Waals surface area contributed by atoms with Gasteiger partial charge in [0.2, 0.25) is 0 Å².